The molecular formula is C23H24N4O4. The third-order valence-corrected chi connectivity index (χ3v) is 5.84. The highest BCUT2D eigenvalue weighted by molar-refractivity contribution is 6.09. The molecular weight excluding hydrogens is 396 g/mol. The largest absolute Gasteiger partial charge is 0.348 e. The highest BCUT2D eigenvalue weighted by atomic mass is 16.2. The van der Waals surface area contributed by atoms with E-state index in [-0.39, 0.29) is 43.1 Å². The first-order valence-electron chi connectivity index (χ1n) is 10.3. The molecule has 8 heteroatoms. The molecule has 160 valence electrons. The number of carbonyl (C=O) groups is 4. The summed E-state index contributed by atoms with van der Waals surface area (Å²) in [6.07, 6.45) is 5.93. The summed E-state index contributed by atoms with van der Waals surface area (Å²) in [7, 11) is 0. The lowest BCUT2D eigenvalue weighted by Gasteiger charge is -2.41. The van der Waals surface area contributed by atoms with E-state index in [1.54, 1.807) is 19.1 Å². The summed E-state index contributed by atoms with van der Waals surface area (Å²) in [6.45, 7) is 3.84. The van der Waals surface area contributed by atoms with E-state index in [1.165, 1.54) is 4.90 Å². The van der Waals surface area contributed by atoms with E-state index >= 15 is 0 Å². The number of allylic oxidation sites excluding steroid dienone is 2. The van der Waals surface area contributed by atoms with Crippen molar-refractivity contribution in [3.05, 3.63) is 59.2 Å². The number of rotatable bonds is 4. The molecule has 0 saturated carbocycles. The standard InChI is InChI=1S/C23H24N4O4/c1-13-6-8-15(9-7-13)21(29)24-12-16-4-3-5-17-20(16)23(31)27(14(2)25-17)18-10-11-19(28)26-22(18)30/h3-9,17-18,20H,10-12H2,1-2H3,(H,24,29)(H,26,28,30). The third-order valence-electron chi connectivity index (χ3n) is 5.84. The van der Waals surface area contributed by atoms with Crippen molar-refractivity contribution < 1.29 is 19.2 Å². The molecule has 0 bridgehead atoms. The van der Waals surface area contributed by atoms with Crippen LogP contribution in [-0.4, -0.2) is 53.0 Å². The molecule has 3 unspecified atom stereocenters. The maximum atomic E-state index is 13.5. The maximum Gasteiger partial charge on any atom is 0.251 e. The lowest BCUT2D eigenvalue weighted by molar-refractivity contribution is -0.144. The smallest absolute Gasteiger partial charge is 0.251 e. The van der Waals surface area contributed by atoms with Gasteiger partial charge in [0.1, 0.15) is 11.9 Å². The highest BCUT2D eigenvalue weighted by Gasteiger charge is 2.44. The number of benzene rings is 1. The number of hydrogen-bond acceptors (Lipinski definition) is 5. The minimum atomic E-state index is -0.760. The molecule has 1 saturated heterocycles. The number of imide groups is 1. The molecule has 0 aromatic heterocycles. The van der Waals surface area contributed by atoms with Crippen LogP contribution in [0.3, 0.4) is 0 Å². The summed E-state index contributed by atoms with van der Waals surface area (Å²) < 4.78 is 0. The Morgan fingerprint density at radius 2 is 1.94 bits per heavy atom. The summed E-state index contributed by atoms with van der Waals surface area (Å²) in [5.41, 5.74) is 2.34. The van der Waals surface area contributed by atoms with Gasteiger partial charge in [0.25, 0.3) is 5.91 Å². The first-order valence-corrected chi connectivity index (χ1v) is 10.3. The quantitative estimate of drug-likeness (QED) is 0.715. The van der Waals surface area contributed by atoms with Crippen molar-refractivity contribution in [2.45, 2.75) is 38.8 Å². The molecule has 2 aliphatic heterocycles. The van der Waals surface area contributed by atoms with Crippen molar-refractivity contribution in [3.63, 3.8) is 0 Å². The number of aryl methyl sites for hydroxylation is 1. The number of hydrogen-bond donors (Lipinski definition) is 2. The van der Waals surface area contributed by atoms with Crippen LogP contribution in [0.4, 0.5) is 0 Å². The predicted molar refractivity (Wildman–Crippen MR) is 114 cm³/mol. The number of amides is 4. The van der Waals surface area contributed by atoms with Crippen molar-refractivity contribution in [2.24, 2.45) is 10.9 Å². The number of amidine groups is 1. The summed E-state index contributed by atoms with van der Waals surface area (Å²) >= 11 is 0. The van der Waals surface area contributed by atoms with Crippen LogP contribution < -0.4 is 10.6 Å². The molecule has 1 aromatic carbocycles. The Balaban J connectivity index is 1.52. The van der Waals surface area contributed by atoms with Crippen molar-refractivity contribution in [1.82, 2.24) is 15.5 Å². The zero-order valence-electron chi connectivity index (χ0n) is 17.4. The molecule has 1 fully saturated rings. The topological polar surface area (TPSA) is 108 Å². The maximum absolute atomic E-state index is 13.5. The zero-order valence-corrected chi connectivity index (χ0v) is 17.4. The molecule has 4 amide bonds. The van der Waals surface area contributed by atoms with Gasteiger partial charge in [0.05, 0.1) is 12.0 Å². The molecule has 3 aliphatic rings. The molecule has 1 aromatic rings. The Morgan fingerprint density at radius 1 is 1.19 bits per heavy atom. The minimum absolute atomic E-state index is 0.177. The molecule has 0 spiro atoms. The van der Waals surface area contributed by atoms with Crippen LogP contribution in [0.15, 0.2) is 53.1 Å². The average molecular weight is 420 g/mol. The van der Waals surface area contributed by atoms with Gasteiger partial charge in [0.2, 0.25) is 17.7 Å². The fourth-order valence-corrected chi connectivity index (χ4v) is 4.20. The van der Waals surface area contributed by atoms with Crippen molar-refractivity contribution in [2.75, 3.05) is 6.54 Å². The van der Waals surface area contributed by atoms with Gasteiger partial charge in [-0.25, -0.2) is 0 Å². The van der Waals surface area contributed by atoms with Crippen LogP contribution in [0.25, 0.3) is 0 Å². The van der Waals surface area contributed by atoms with Gasteiger partial charge < -0.3 is 5.32 Å². The molecule has 1 aliphatic carbocycles. The van der Waals surface area contributed by atoms with Gasteiger partial charge in [-0.05, 0) is 38.0 Å². The summed E-state index contributed by atoms with van der Waals surface area (Å²) in [5, 5.41) is 5.18. The van der Waals surface area contributed by atoms with Gasteiger partial charge >= 0.3 is 0 Å². The predicted octanol–water partition coefficient (Wildman–Crippen LogP) is 1.27. The first-order chi connectivity index (χ1) is 14.8. The normalized spacial score (nSPS) is 25.4. The summed E-state index contributed by atoms with van der Waals surface area (Å²) in [4.78, 5) is 55.9. The van der Waals surface area contributed by atoms with Crippen LogP contribution in [0.5, 0.6) is 0 Å². The van der Waals surface area contributed by atoms with Gasteiger partial charge in [-0.2, -0.15) is 0 Å². The lowest BCUT2D eigenvalue weighted by Crippen LogP contribution is -2.60. The SMILES string of the molecule is CC1=NC2C=CC=C(CNC(=O)c3ccc(C)cc3)C2C(=O)N1C1CCC(=O)NC1=O. The van der Waals surface area contributed by atoms with E-state index in [1.807, 2.05) is 37.3 Å². The molecule has 2 N–H and O–H groups in total. The van der Waals surface area contributed by atoms with E-state index in [9.17, 15) is 19.2 Å². The Bertz CT molecular complexity index is 1040. The monoisotopic (exact) mass is 420 g/mol. The molecule has 3 atom stereocenters. The fraction of sp³-hybridized carbons (Fsp3) is 0.348. The Hall–Kier alpha value is -3.55. The number of fused-ring (bicyclic) bond motifs is 1. The number of nitrogens with zero attached hydrogens (tertiary/aromatic N) is 2. The van der Waals surface area contributed by atoms with Crippen LogP contribution in [0.1, 0.15) is 35.7 Å². The fourth-order valence-electron chi connectivity index (χ4n) is 4.20. The summed E-state index contributed by atoms with van der Waals surface area (Å²) in [5.74, 6) is -1.43. The number of carbonyl (C=O) groups excluding carboxylic acids is 4. The van der Waals surface area contributed by atoms with E-state index in [2.05, 4.69) is 15.6 Å². The Kier molecular flexibility index (Phi) is 5.54. The second-order valence-corrected chi connectivity index (χ2v) is 7.99. The molecule has 4 rings (SSSR count). The zero-order chi connectivity index (χ0) is 22.1. The van der Waals surface area contributed by atoms with Gasteiger partial charge in [-0.1, -0.05) is 35.9 Å². The van der Waals surface area contributed by atoms with Crippen LogP contribution in [0, 0.1) is 12.8 Å². The average Bonchev–Trinajstić information content (AvgIpc) is 2.73. The second-order valence-electron chi connectivity index (χ2n) is 7.99. The number of aliphatic imine (C=N–C) groups is 1. The van der Waals surface area contributed by atoms with E-state index < -0.39 is 17.9 Å². The van der Waals surface area contributed by atoms with Crippen LogP contribution >= 0.6 is 0 Å². The van der Waals surface area contributed by atoms with E-state index in [4.69, 9.17) is 0 Å². The first kappa shape index (κ1) is 20.7. The van der Waals surface area contributed by atoms with Gasteiger partial charge in [-0.3, -0.25) is 34.4 Å². The van der Waals surface area contributed by atoms with E-state index in [0.29, 0.717) is 11.4 Å². The number of piperidine rings is 1. The van der Waals surface area contributed by atoms with Gasteiger partial charge in [0, 0.05) is 18.5 Å². The Morgan fingerprint density at radius 3 is 2.65 bits per heavy atom. The third kappa shape index (κ3) is 4.05. The molecule has 2 heterocycles. The number of nitrogens with one attached hydrogen (secondary N) is 2. The molecule has 31 heavy (non-hydrogen) atoms. The van der Waals surface area contributed by atoms with Gasteiger partial charge in [0.15, 0.2) is 0 Å². The van der Waals surface area contributed by atoms with Crippen molar-refractivity contribution >= 4 is 29.5 Å². The van der Waals surface area contributed by atoms with Gasteiger partial charge in [-0.15, -0.1) is 0 Å². The minimum Gasteiger partial charge on any atom is -0.348 e. The Labute approximate surface area is 180 Å². The molecule has 0 radical (unpaired) electrons. The van der Waals surface area contributed by atoms with Crippen LogP contribution in [-0.2, 0) is 14.4 Å². The highest BCUT2D eigenvalue weighted by Crippen LogP contribution is 2.31. The lowest BCUT2D eigenvalue weighted by atomic mass is 9.84. The summed E-state index contributed by atoms with van der Waals surface area (Å²) in [6, 6.07) is 6.11. The van der Waals surface area contributed by atoms with Crippen molar-refractivity contribution in [1.29, 1.82) is 0 Å². The molecule has 8 nitrogen and oxygen atoms in total. The van der Waals surface area contributed by atoms with E-state index in [0.717, 1.165) is 11.1 Å². The van der Waals surface area contributed by atoms with Crippen molar-refractivity contribution in [3.8, 4) is 0 Å². The second kappa shape index (κ2) is 8.29. The van der Waals surface area contributed by atoms with Crippen LogP contribution in [0.2, 0.25) is 0 Å².